The van der Waals surface area contributed by atoms with Crippen LogP contribution in [0.3, 0.4) is 0 Å². The van der Waals surface area contributed by atoms with E-state index in [1.165, 1.54) is 32.4 Å². The van der Waals surface area contributed by atoms with Crippen LogP contribution >= 0.6 is 0 Å². The summed E-state index contributed by atoms with van der Waals surface area (Å²) < 4.78 is 5.38. The van der Waals surface area contributed by atoms with E-state index in [1.807, 2.05) is 13.0 Å². The first-order valence-corrected chi connectivity index (χ1v) is 7.28. The molecule has 0 amide bonds. The first kappa shape index (κ1) is 12.7. The number of aromatic nitrogens is 2. The molecule has 104 valence electrons. The van der Waals surface area contributed by atoms with E-state index in [0.29, 0.717) is 12.5 Å². The van der Waals surface area contributed by atoms with Crippen LogP contribution in [0.15, 0.2) is 12.4 Å². The SMILES string of the molecule is CCOc1cc(NCC2CCN(C3CC3)C2)ncn1. The van der Waals surface area contributed by atoms with Gasteiger partial charge in [-0.15, -0.1) is 0 Å². The maximum atomic E-state index is 5.38. The van der Waals surface area contributed by atoms with Gasteiger partial charge in [-0.05, 0) is 38.6 Å². The van der Waals surface area contributed by atoms with Crippen molar-refractivity contribution in [2.24, 2.45) is 5.92 Å². The van der Waals surface area contributed by atoms with Gasteiger partial charge >= 0.3 is 0 Å². The highest BCUT2D eigenvalue weighted by Gasteiger charge is 2.34. The van der Waals surface area contributed by atoms with Crippen LogP contribution < -0.4 is 10.1 Å². The third kappa shape index (κ3) is 3.35. The first-order chi connectivity index (χ1) is 9.35. The van der Waals surface area contributed by atoms with E-state index in [9.17, 15) is 0 Å². The highest BCUT2D eigenvalue weighted by atomic mass is 16.5. The molecule has 1 atom stereocenters. The Labute approximate surface area is 114 Å². The lowest BCUT2D eigenvalue weighted by Gasteiger charge is -2.15. The lowest BCUT2D eigenvalue weighted by Crippen LogP contribution is -2.24. The highest BCUT2D eigenvalue weighted by Crippen LogP contribution is 2.31. The topological polar surface area (TPSA) is 50.3 Å². The molecule has 1 saturated carbocycles. The number of rotatable bonds is 6. The number of nitrogens with zero attached hydrogens (tertiary/aromatic N) is 3. The summed E-state index contributed by atoms with van der Waals surface area (Å²) in [6, 6.07) is 2.77. The van der Waals surface area contributed by atoms with Crippen molar-refractivity contribution in [1.29, 1.82) is 0 Å². The second kappa shape index (κ2) is 5.74. The van der Waals surface area contributed by atoms with E-state index >= 15 is 0 Å². The van der Waals surface area contributed by atoms with Gasteiger partial charge in [0.05, 0.1) is 6.61 Å². The van der Waals surface area contributed by atoms with E-state index in [0.717, 1.165) is 24.3 Å². The molecule has 1 aromatic rings. The predicted octanol–water partition coefficient (Wildman–Crippen LogP) is 1.77. The maximum Gasteiger partial charge on any atom is 0.218 e. The summed E-state index contributed by atoms with van der Waals surface area (Å²) in [6.45, 7) is 6.09. The molecule has 0 aromatic carbocycles. The van der Waals surface area contributed by atoms with E-state index < -0.39 is 0 Å². The van der Waals surface area contributed by atoms with Crippen LogP contribution in [0.25, 0.3) is 0 Å². The Morgan fingerprint density at radius 1 is 1.37 bits per heavy atom. The molecule has 0 spiro atoms. The summed E-state index contributed by atoms with van der Waals surface area (Å²) in [5.74, 6) is 2.25. The molecule has 1 unspecified atom stereocenters. The maximum absolute atomic E-state index is 5.38. The van der Waals surface area contributed by atoms with Gasteiger partial charge in [0.1, 0.15) is 12.1 Å². The largest absolute Gasteiger partial charge is 0.478 e. The molecule has 1 N–H and O–H groups in total. The number of nitrogens with one attached hydrogen (secondary N) is 1. The van der Waals surface area contributed by atoms with Crippen LogP contribution in [0.4, 0.5) is 5.82 Å². The summed E-state index contributed by atoms with van der Waals surface area (Å²) in [7, 11) is 0. The van der Waals surface area contributed by atoms with E-state index in [-0.39, 0.29) is 0 Å². The second-order valence-corrected chi connectivity index (χ2v) is 5.44. The summed E-state index contributed by atoms with van der Waals surface area (Å²) in [4.78, 5) is 10.9. The van der Waals surface area contributed by atoms with Crippen molar-refractivity contribution in [3.8, 4) is 5.88 Å². The second-order valence-electron chi connectivity index (χ2n) is 5.44. The highest BCUT2D eigenvalue weighted by molar-refractivity contribution is 5.37. The Morgan fingerprint density at radius 2 is 2.26 bits per heavy atom. The van der Waals surface area contributed by atoms with Gasteiger partial charge in [0.25, 0.3) is 0 Å². The molecule has 5 heteroatoms. The van der Waals surface area contributed by atoms with Crippen molar-refractivity contribution < 1.29 is 4.74 Å². The van der Waals surface area contributed by atoms with Gasteiger partial charge < -0.3 is 15.0 Å². The Kier molecular flexibility index (Phi) is 3.82. The Hall–Kier alpha value is -1.36. The van der Waals surface area contributed by atoms with Crippen LogP contribution in [-0.2, 0) is 0 Å². The Balaban J connectivity index is 1.47. The number of anilines is 1. The van der Waals surface area contributed by atoms with Crippen molar-refractivity contribution in [2.75, 3.05) is 31.6 Å². The van der Waals surface area contributed by atoms with E-state index in [1.54, 1.807) is 6.33 Å². The molecular formula is C14H22N4O. The normalized spacial score (nSPS) is 23.5. The molecule has 0 radical (unpaired) electrons. The molecule has 5 nitrogen and oxygen atoms in total. The van der Waals surface area contributed by atoms with Crippen molar-refractivity contribution in [2.45, 2.75) is 32.2 Å². The summed E-state index contributed by atoms with van der Waals surface area (Å²) in [5.41, 5.74) is 0. The van der Waals surface area contributed by atoms with Gasteiger partial charge in [0.2, 0.25) is 5.88 Å². The molecule has 1 aromatic heterocycles. The minimum absolute atomic E-state index is 0.634. The molecule has 1 aliphatic carbocycles. The summed E-state index contributed by atoms with van der Waals surface area (Å²) in [6.07, 6.45) is 5.67. The number of ether oxygens (including phenoxy) is 1. The number of hydrogen-bond donors (Lipinski definition) is 1. The fraction of sp³-hybridized carbons (Fsp3) is 0.714. The number of hydrogen-bond acceptors (Lipinski definition) is 5. The summed E-state index contributed by atoms with van der Waals surface area (Å²) >= 11 is 0. The zero-order valence-electron chi connectivity index (χ0n) is 11.5. The average molecular weight is 262 g/mol. The molecular weight excluding hydrogens is 240 g/mol. The quantitative estimate of drug-likeness (QED) is 0.846. The first-order valence-electron chi connectivity index (χ1n) is 7.28. The average Bonchev–Trinajstić information content (AvgIpc) is 3.17. The molecule has 19 heavy (non-hydrogen) atoms. The van der Waals surface area contributed by atoms with Gasteiger partial charge in [-0.1, -0.05) is 0 Å². The lowest BCUT2D eigenvalue weighted by molar-refractivity contribution is 0.316. The molecule has 1 saturated heterocycles. The third-order valence-electron chi connectivity index (χ3n) is 3.89. The van der Waals surface area contributed by atoms with Gasteiger partial charge in [-0.2, -0.15) is 0 Å². The van der Waals surface area contributed by atoms with Gasteiger partial charge in [-0.3, -0.25) is 0 Å². The van der Waals surface area contributed by atoms with Gasteiger partial charge in [0.15, 0.2) is 0 Å². The smallest absolute Gasteiger partial charge is 0.218 e. The number of likely N-dealkylation sites (tertiary alicyclic amines) is 1. The minimum atomic E-state index is 0.634. The zero-order valence-corrected chi connectivity index (χ0v) is 11.5. The van der Waals surface area contributed by atoms with Crippen LogP contribution in [0, 0.1) is 5.92 Å². The molecule has 2 aliphatic rings. The molecule has 0 bridgehead atoms. The van der Waals surface area contributed by atoms with Crippen molar-refractivity contribution in [3.63, 3.8) is 0 Å². The Bertz CT molecular complexity index is 422. The van der Waals surface area contributed by atoms with Crippen LogP contribution in [0.1, 0.15) is 26.2 Å². The molecule has 2 fully saturated rings. The molecule has 2 heterocycles. The fourth-order valence-corrected chi connectivity index (χ4v) is 2.71. The molecule has 1 aliphatic heterocycles. The van der Waals surface area contributed by atoms with Crippen molar-refractivity contribution in [1.82, 2.24) is 14.9 Å². The Morgan fingerprint density at radius 3 is 3.05 bits per heavy atom. The predicted molar refractivity (Wildman–Crippen MR) is 74.4 cm³/mol. The van der Waals surface area contributed by atoms with E-state index in [2.05, 4.69) is 20.2 Å². The fourth-order valence-electron chi connectivity index (χ4n) is 2.71. The van der Waals surface area contributed by atoms with Crippen LogP contribution in [0.5, 0.6) is 5.88 Å². The minimum Gasteiger partial charge on any atom is -0.478 e. The van der Waals surface area contributed by atoms with Crippen molar-refractivity contribution >= 4 is 5.82 Å². The van der Waals surface area contributed by atoms with E-state index in [4.69, 9.17) is 4.74 Å². The van der Waals surface area contributed by atoms with Gasteiger partial charge in [0, 0.05) is 25.2 Å². The summed E-state index contributed by atoms with van der Waals surface area (Å²) in [5, 5.41) is 3.41. The third-order valence-corrected chi connectivity index (χ3v) is 3.89. The van der Waals surface area contributed by atoms with Gasteiger partial charge in [-0.25, -0.2) is 9.97 Å². The lowest BCUT2D eigenvalue weighted by atomic mass is 10.1. The zero-order chi connectivity index (χ0) is 13.1. The standard InChI is InChI=1S/C14H22N4O/c1-2-19-14-7-13(16-10-17-14)15-8-11-5-6-18(9-11)12-3-4-12/h7,10-12H,2-6,8-9H2,1H3,(H,15,16,17). The van der Waals surface area contributed by atoms with Crippen LogP contribution in [0.2, 0.25) is 0 Å². The van der Waals surface area contributed by atoms with Crippen molar-refractivity contribution in [3.05, 3.63) is 12.4 Å². The molecule has 3 rings (SSSR count). The monoisotopic (exact) mass is 262 g/mol. The van der Waals surface area contributed by atoms with Crippen LogP contribution in [-0.4, -0.2) is 47.2 Å².